The van der Waals surface area contributed by atoms with Crippen molar-refractivity contribution >= 4 is 5.57 Å². The fraction of sp³-hybridized carbons (Fsp3) is 0.517. The Kier molecular flexibility index (Phi) is 9.83. The van der Waals surface area contributed by atoms with Crippen molar-refractivity contribution in [2.75, 3.05) is 13.2 Å². The first-order valence-corrected chi connectivity index (χ1v) is 12.5. The van der Waals surface area contributed by atoms with Crippen LogP contribution in [0.5, 0.6) is 11.5 Å². The van der Waals surface area contributed by atoms with Gasteiger partial charge in [0.2, 0.25) is 0 Å². The molecule has 0 saturated heterocycles. The Morgan fingerprint density at radius 3 is 2.27 bits per heavy atom. The number of para-hydroxylation sites is 2. The molecular formula is C29H40O4. The quantitative estimate of drug-likeness (QED) is 0.365. The van der Waals surface area contributed by atoms with Crippen LogP contribution in [0, 0.1) is 6.92 Å². The normalized spacial score (nSPS) is 17.8. The lowest BCUT2D eigenvalue weighted by Gasteiger charge is -2.26. The van der Waals surface area contributed by atoms with Gasteiger partial charge in [-0.2, -0.15) is 0 Å². The highest BCUT2D eigenvalue weighted by molar-refractivity contribution is 5.72. The van der Waals surface area contributed by atoms with E-state index in [1.807, 2.05) is 19.9 Å². The summed E-state index contributed by atoms with van der Waals surface area (Å²) < 4.78 is 12.3. The fourth-order valence-corrected chi connectivity index (χ4v) is 4.52. The van der Waals surface area contributed by atoms with Crippen molar-refractivity contribution in [3.05, 3.63) is 65.2 Å². The summed E-state index contributed by atoms with van der Waals surface area (Å²) in [6.07, 6.45) is 8.10. The van der Waals surface area contributed by atoms with Crippen LogP contribution in [0.25, 0.3) is 5.57 Å². The van der Waals surface area contributed by atoms with Crippen LogP contribution in [-0.2, 0) is 0 Å². The smallest absolute Gasteiger partial charge is 0.129 e. The van der Waals surface area contributed by atoms with E-state index in [4.69, 9.17) is 9.47 Å². The summed E-state index contributed by atoms with van der Waals surface area (Å²) in [5.41, 5.74) is 5.00. The summed E-state index contributed by atoms with van der Waals surface area (Å²) in [6, 6.07) is 14.8. The van der Waals surface area contributed by atoms with Gasteiger partial charge in [0.1, 0.15) is 11.5 Å². The first-order chi connectivity index (χ1) is 16.0. The Labute approximate surface area is 199 Å². The molecule has 1 aliphatic rings. The zero-order valence-corrected chi connectivity index (χ0v) is 20.4. The maximum absolute atomic E-state index is 9.50. The number of hydrogen-bond acceptors (Lipinski definition) is 4. The molecule has 2 N–H and O–H groups in total. The van der Waals surface area contributed by atoms with Crippen LogP contribution in [0.1, 0.15) is 81.4 Å². The van der Waals surface area contributed by atoms with Crippen molar-refractivity contribution in [1.82, 2.24) is 0 Å². The fourth-order valence-electron chi connectivity index (χ4n) is 4.52. The van der Waals surface area contributed by atoms with Gasteiger partial charge in [-0.05, 0) is 94.4 Å². The van der Waals surface area contributed by atoms with Gasteiger partial charge >= 0.3 is 0 Å². The largest absolute Gasteiger partial charge is 0.493 e. The number of hydrogen-bond donors (Lipinski definition) is 2. The standard InChI is InChI=1S/C29H40O4/c1-21-9-6-13-27(29(21)33-20-8-11-23(3)31)25-17-15-24(16-18-25)26-12-4-5-14-28(26)32-19-7-10-22(2)30/h4-6,9,12-14,17,22-24,30-31H,7-8,10-11,15-16,18-20H2,1-3H3. The number of aliphatic hydroxyl groups excluding tert-OH is 2. The molecule has 0 aromatic heterocycles. The third kappa shape index (κ3) is 7.62. The highest BCUT2D eigenvalue weighted by atomic mass is 16.5. The zero-order valence-electron chi connectivity index (χ0n) is 20.4. The topological polar surface area (TPSA) is 58.9 Å². The van der Waals surface area contributed by atoms with E-state index >= 15 is 0 Å². The third-order valence-corrected chi connectivity index (χ3v) is 6.36. The SMILES string of the molecule is Cc1cccc(C2=CCC(c3ccccc3OCCCC(C)O)CC2)c1OCCCC(C)O. The molecule has 2 aromatic carbocycles. The van der Waals surface area contributed by atoms with Crippen LogP contribution >= 0.6 is 0 Å². The van der Waals surface area contributed by atoms with Gasteiger partial charge < -0.3 is 19.7 Å². The lowest BCUT2D eigenvalue weighted by molar-refractivity contribution is 0.170. The molecule has 180 valence electrons. The number of allylic oxidation sites excluding steroid dienone is 2. The van der Waals surface area contributed by atoms with E-state index in [2.05, 4.69) is 49.4 Å². The van der Waals surface area contributed by atoms with Gasteiger partial charge in [-0.15, -0.1) is 0 Å². The van der Waals surface area contributed by atoms with E-state index in [-0.39, 0.29) is 12.2 Å². The molecule has 3 unspecified atom stereocenters. The molecule has 3 atom stereocenters. The average Bonchev–Trinajstić information content (AvgIpc) is 2.80. The summed E-state index contributed by atoms with van der Waals surface area (Å²) in [5.74, 6) is 2.40. The molecular weight excluding hydrogens is 412 g/mol. The number of ether oxygens (including phenoxy) is 2. The van der Waals surface area contributed by atoms with Gasteiger partial charge in [0.25, 0.3) is 0 Å². The molecule has 2 aromatic rings. The molecule has 33 heavy (non-hydrogen) atoms. The minimum absolute atomic E-state index is 0.278. The summed E-state index contributed by atoms with van der Waals surface area (Å²) in [4.78, 5) is 0. The van der Waals surface area contributed by atoms with Crippen molar-refractivity contribution in [3.63, 3.8) is 0 Å². The minimum atomic E-state index is -0.284. The zero-order chi connectivity index (χ0) is 23.6. The van der Waals surface area contributed by atoms with Gasteiger partial charge in [-0.25, -0.2) is 0 Å². The summed E-state index contributed by atoms with van der Waals surface area (Å²) in [7, 11) is 0. The Morgan fingerprint density at radius 2 is 1.61 bits per heavy atom. The van der Waals surface area contributed by atoms with E-state index in [0.29, 0.717) is 19.1 Å². The van der Waals surface area contributed by atoms with Gasteiger partial charge in [0.05, 0.1) is 25.4 Å². The van der Waals surface area contributed by atoms with Gasteiger partial charge in [0, 0.05) is 5.56 Å². The van der Waals surface area contributed by atoms with Crippen LogP contribution in [0.3, 0.4) is 0 Å². The molecule has 0 radical (unpaired) electrons. The average molecular weight is 453 g/mol. The minimum Gasteiger partial charge on any atom is -0.493 e. The second-order valence-corrected chi connectivity index (χ2v) is 9.37. The maximum Gasteiger partial charge on any atom is 0.129 e. The Hall–Kier alpha value is -2.30. The number of aliphatic hydroxyl groups is 2. The van der Waals surface area contributed by atoms with E-state index in [0.717, 1.165) is 62.0 Å². The molecule has 4 heteroatoms. The lowest BCUT2D eigenvalue weighted by atomic mass is 9.82. The summed E-state index contributed by atoms with van der Waals surface area (Å²) in [5, 5.41) is 19.0. The van der Waals surface area contributed by atoms with Crippen LogP contribution in [-0.4, -0.2) is 35.6 Å². The Morgan fingerprint density at radius 1 is 0.909 bits per heavy atom. The molecule has 0 bridgehead atoms. The van der Waals surface area contributed by atoms with Crippen LogP contribution < -0.4 is 9.47 Å². The molecule has 0 heterocycles. The maximum atomic E-state index is 9.50. The third-order valence-electron chi connectivity index (χ3n) is 6.36. The molecule has 0 saturated carbocycles. The highest BCUT2D eigenvalue weighted by Gasteiger charge is 2.22. The lowest BCUT2D eigenvalue weighted by Crippen LogP contribution is -2.10. The molecule has 0 spiro atoms. The molecule has 0 aliphatic heterocycles. The van der Waals surface area contributed by atoms with Gasteiger partial charge in [-0.1, -0.05) is 42.5 Å². The highest BCUT2D eigenvalue weighted by Crippen LogP contribution is 2.42. The molecule has 4 nitrogen and oxygen atoms in total. The van der Waals surface area contributed by atoms with Crippen molar-refractivity contribution in [2.24, 2.45) is 0 Å². The Bertz CT molecular complexity index is 900. The van der Waals surface area contributed by atoms with Gasteiger partial charge in [0.15, 0.2) is 0 Å². The molecule has 0 fully saturated rings. The van der Waals surface area contributed by atoms with E-state index in [1.165, 1.54) is 16.7 Å². The summed E-state index contributed by atoms with van der Waals surface area (Å²) >= 11 is 0. The van der Waals surface area contributed by atoms with E-state index in [9.17, 15) is 10.2 Å². The van der Waals surface area contributed by atoms with E-state index in [1.54, 1.807) is 0 Å². The van der Waals surface area contributed by atoms with E-state index < -0.39 is 0 Å². The predicted molar refractivity (Wildman–Crippen MR) is 135 cm³/mol. The van der Waals surface area contributed by atoms with Crippen LogP contribution in [0.4, 0.5) is 0 Å². The van der Waals surface area contributed by atoms with Crippen molar-refractivity contribution < 1.29 is 19.7 Å². The van der Waals surface area contributed by atoms with Crippen LogP contribution in [0.15, 0.2) is 48.5 Å². The van der Waals surface area contributed by atoms with Gasteiger partial charge in [-0.3, -0.25) is 0 Å². The first kappa shape index (κ1) is 25.3. The Balaban J connectivity index is 1.66. The number of rotatable bonds is 12. The monoisotopic (exact) mass is 452 g/mol. The predicted octanol–water partition coefficient (Wildman–Crippen LogP) is 6.43. The second-order valence-electron chi connectivity index (χ2n) is 9.37. The molecule has 0 amide bonds. The second kappa shape index (κ2) is 12.8. The molecule has 1 aliphatic carbocycles. The van der Waals surface area contributed by atoms with Crippen LogP contribution in [0.2, 0.25) is 0 Å². The van der Waals surface area contributed by atoms with Crippen molar-refractivity contribution in [2.45, 2.75) is 83.8 Å². The molecule has 3 rings (SSSR count). The first-order valence-electron chi connectivity index (χ1n) is 12.5. The van der Waals surface area contributed by atoms with Crippen molar-refractivity contribution in [1.29, 1.82) is 0 Å². The number of benzene rings is 2. The number of aryl methyl sites for hydroxylation is 1. The summed E-state index contributed by atoms with van der Waals surface area (Å²) in [6.45, 7) is 7.00. The van der Waals surface area contributed by atoms with Crippen molar-refractivity contribution in [3.8, 4) is 11.5 Å².